The Hall–Kier alpha value is -4.32. The molecule has 2 N–H and O–H groups in total. The summed E-state index contributed by atoms with van der Waals surface area (Å²) in [5.41, 5.74) is 2.71. The van der Waals surface area contributed by atoms with Gasteiger partial charge in [-0.3, -0.25) is 10.1 Å². The molecule has 0 bridgehead atoms. The highest BCUT2D eigenvalue weighted by atomic mass is 16.6. The monoisotopic (exact) mass is 514 g/mol. The van der Waals surface area contributed by atoms with Crippen molar-refractivity contribution in [3.05, 3.63) is 65.9 Å². The number of hydrogen-bond donors (Lipinski definition) is 2. The summed E-state index contributed by atoms with van der Waals surface area (Å²) in [6.45, 7) is 3.53. The second-order valence-corrected chi connectivity index (χ2v) is 10.2. The summed E-state index contributed by atoms with van der Waals surface area (Å²) in [7, 11) is 0. The molecule has 1 aliphatic heterocycles. The van der Waals surface area contributed by atoms with Crippen molar-refractivity contribution in [1.82, 2.24) is 5.16 Å². The van der Waals surface area contributed by atoms with Gasteiger partial charge in [-0.25, -0.2) is 4.79 Å². The first-order valence-corrected chi connectivity index (χ1v) is 12.9. The minimum atomic E-state index is -0.710. The maximum atomic E-state index is 12.6. The largest absolute Gasteiger partial charge is 0.481 e. The predicted molar refractivity (Wildman–Crippen MR) is 140 cm³/mol. The third-order valence-corrected chi connectivity index (χ3v) is 7.83. The van der Waals surface area contributed by atoms with Crippen LogP contribution >= 0.6 is 0 Å². The summed E-state index contributed by atoms with van der Waals surface area (Å²) in [4.78, 5) is 26.2. The summed E-state index contributed by atoms with van der Waals surface area (Å²) in [6.07, 6.45) is 3.11. The second-order valence-electron chi connectivity index (χ2n) is 10.2. The van der Waals surface area contributed by atoms with E-state index in [9.17, 15) is 20.0 Å². The number of ether oxygens (including phenoxy) is 1. The fourth-order valence-electron chi connectivity index (χ4n) is 5.53. The van der Waals surface area contributed by atoms with E-state index < -0.39 is 18.2 Å². The van der Waals surface area contributed by atoms with E-state index in [0.717, 1.165) is 50.0 Å². The fourth-order valence-corrected chi connectivity index (χ4v) is 5.53. The quantitative estimate of drug-likeness (QED) is 0.375. The van der Waals surface area contributed by atoms with Crippen molar-refractivity contribution in [2.24, 2.45) is 11.3 Å². The molecule has 9 nitrogen and oxygen atoms in total. The number of rotatable bonds is 8. The number of nitriles is 1. The lowest BCUT2D eigenvalue weighted by molar-refractivity contribution is -0.139. The summed E-state index contributed by atoms with van der Waals surface area (Å²) < 4.78 is 10.9. The highest BCUT2D eigenvalue weighted by molar-refractivity contribution is 5.92. The molecule has 1 aromatic heterocycles. The number of carboxylic acid groups (broad SMARTS) is 1. The third kappa shape index (κ3) is 5.35. The van der Waals surface area contributed by atoms with Crippen LogP contribution in [0.5, 0.6) is 0 Å². The maximum absolute atomic E-state index is 12.6. The zero-order valence-corrected chi connectivity index (χ0v) is 21.2. The van der Waals surface area contributed by atoms with E-state index in [-0.39, 0.29) is 29.0 Å². The summed E-state index contributed by atoms with van der Waals surface area (Å²) in [6, 6.07) is 19.0. The molecule has 9 heteroatoms. The molecule has 1 saturated heterocycles. The van der Waals surface area contributed by atoms with Crippen molar-refractivity contribution >= 4 is 23.4 Å². The highest BCUT2D eigenvalue weighted by Gasteiger charge is 2.50. The number of carbonyl (C=O) groups is 2. The molecule has 1 atom stereocenters. The van der Waals surface area contributed by atoms with Gasteiger partial charge in [0.1, 0.15) is 17.9 Å². The Kier molecular flexibility index (Phi) is 7.05. The Morgan fingerprint density at radius 3 is 2.47 bits per heavy atom. The van der Waals surface area contributed by atoms with E-state index in [0.29, 0.717) is 11.5 Å². The molecule has 0 radical (unpaired) electrons. The first-order valence-electron chi connectivity index (χ1n) is 12.9. The Morgan fingerprint density at radius 2 is 1.87 bits per heavy atom. The van der Waals surface area contributed by atoms with Crippen molar-refractivity contribution in [2.75, 3.05) is 23.3 Å². The number of nitrogens with zero attached hydrogens (tertiary/aromatic N) is 3. The molecule has 0 spiro atoms. The SMILES string of the molecule is CC(OC(=O)Nc1c(C#N)noc1-c1ccc(N2CCC(C3(CC(=O)O)CC3)CC2)cc1)c1ccccc1. The Balaban J connectivity index is 1.24. The molecule has 1 unspecified atom stereocenters. The average Bonchev–Trinajstić information content (AvgIpc) is 3.60. The molecule has 2 aromatic carbocycles. The number of hydrogen-bond acceptors (Lipinski definition) is 7. The lowest BCUT2D eigenvalue weighted by Gasteiger charge is -2.37. The first kappa shape index (κ1) is 25.3. The number of piperidine rings is 1. The van der Waals surface area contributed by atoms with Crippen molar-refractivity contribution in [3.63, 3.8) is 0 Å². The number of anilines is 2. The van der Waals surface area contributed by atoms with E-state index in [4.69, 9.17) is 9.26 Å². The standard InChI is InChI=1S/C29H30N4O5/c1-19(20-5-3-2-4-6-20)37-28(36)31-26-24(18-30)32-38-27(26)21-7-9-23(10-8-21)33-15-11-22(12-16-33)29(13-14-29)17-25(34)35/h2-10,19,22H,11-17H2,1H3,(H,31,36)(H,34,35). The van der Waals surface area contributed by atoms with Crippen molar-refractivity contribution in [1.29, 1.82) is 5.26 Å². The number of amides is 1. The second kappa shape index (κ2) is 10.6. The maximum Gasteiger partial charge on any atom is 0.412 e. The molecule has 1 amide bonds. The van der Waals surface area contributed by atoms with Crippen molar-refractivity contribution < 1.29 is 24.0 Å². The van der Waals surface area contributed by atoms with Gasteiger partial charge in [0.2, 0.25) is 5.69 Å². The van der Waals surface area contributed by atoms with E-state index in [1.807, 2.05) is 60.7 Å². The first-order chi connectivity index (χ1) is 18.4. The smallest absolute Gasteiger partial charge is 0.412 e. The molecule has 5 rings (SSSR count). The van der Waals surface area contributed by atoms with Gasteiger partial charge in [-0.05, 0) is 73.8 Å². The zero-order chi connectivity index (χ0) is 26.7. The van der Waals surface area contributed by atoms with E-state index in [1.165, 1.54) is 0 Å². The van der Waals surface area contributed by atoms with E-state index in [1.54, 1.807) is 6.92 Å². The molecular formula is C29H30N4O5. The molecule has 2 aliphatic rings. The molecule has 2 fully saturated rings. The van der Waals surface area contributed by atoms with Gasteiger partial charge in [0, 0.05) is 24.3 Å². The van der Waals surface area contributed by atoms with Gasteiger partial charge in [-0.1, -0.05) is 35.5 Å². The molecule has 2 heterocycles. The van der Waals surface area contributed by atoms with Crippen LogP contribution in [0.4, 0.5) is 16.2 Å². The Labute approximate surface area is 221 Å². The van der Waals surface area contributed by atoms with Crippen molar-refractivity contribution in [2.45, 2.75) is 45.1 Å². The predicted octanol–water partition coefficient (Wildman–Crippen LogP) is 5.99. The number of aromatic nitrogens is 1. The van der Waals surface area contributed by atoms with E-state index >= 15 is 0 Å². The third-order valence-electron chi connectivity index (χ3n) is 7.83. The molecule has 1 aliphatic carbocycles. The molecular weight excluding hydrogens is 484 g/mol. The van der Waals surface area contributed by atoms with Crippen molar-refractivity contribution in [3.8, 4) is 17.4 Å². The van der Waals surface area contributed by atoms with Crippen LogP contribution in [0.25, 0.3) is 11.3 Å². The number of carbonyl (C=O) groups excluding carboxylic acids is 1. The number of carboxylic acids is 1. The average molecular weight is 515 g/mol. The number of benzene rings is 2. The minimum absolute atomic E-state index is 0.00988. The van der Waals surface area contributed by atoms with Gasteiger partial charge in [0.05, 0.1) is 6.42 Å². The zero-order valence-electron chi connectivity index (χ0n) is 21.2. The van der Waals surface area contributed by atoms with Crippen LogP contribution < -0.4 is 10.2 Å². The van der Waals surface area contributed by atoms with Crippen LogP contribution in [0, 0.1) is 22.7 Å². The van der Waals surface area contributed by atoms with Crippen LogP contribution in [0.15, 0.2) is 59.1 Å². The molecule has 196 valence electrons. The number of nitrogens with one attached hydrogen (secondary N) is 1. The van der Waals surface area contributed by atoms with Gasteiger partial charge in [-0.15, -0.1) is 0 Å². The topological polar surface area (TPSA) is 129 Å². The molecule has 38 heavy (non-hydrogen) atoms. The van der Waals surface area contributed by atoms with E-state index in [2.05, 4.69) is 15.4 Å². The van der Waals surface area contributed by atoms with Crippen LogP contribution in [0.1, 0.15) is 56.4 Å². The molecule has 3 aromatic rings. The minimum Gasteiger partial charge on any atom is -0.481 e. The summed E-state index contributed by atoms with van der Waals surface area (Å²) in [5.74, 6) is 0.0477. The van der Waals surface area contributed by atoms with Crippen LogP contribution in [0.3, 0.4) is 0 Å². The summed E-state index contributed by atoms with van der Waals surface area (Å²) >= 11 is 0. The van der Waals surface area contributed by atoms with Gasteiger partial charge in [0.15, 0.2) is 5.76 Å². The molecule has 1 saturated carbocycles. The van der Waals surface area contributed by atoms with Gasteiger partial charge in [0.25, 0.3) is 0 Å². The van der Waals surface area contributed by atoms with Gasteiger partial charge < -0.3 is 19.3 Å². The fraction of sp³-hybridized carbons (Fsp3) is 0.379. The summed E-state index contributed by atoms with van der Waals surface area (Å²) in [5, 5.41) is 25.2. The Bertz CT molecular complexity index is 1330. The van der Waals surface area contributed by atoms with Gasteiger partial charge in [-0.2, -0.15) is 5.26 Å². The van der Waals surface area contributed by atoms with Gasteiger partial charge >= 0.3 is 12.1 Å². The Morgan fingerprint density at radius 1 is 1.18 bits per heavy atom. The van der Waals surface area contributed by atoms with Crippen LogP contribution in [-0.4, -0.2) is 35.4 Å². The lowest BCUT2D eigenvalue weighted by atomic mass is 9.79. The normalized spacial score (nSPS) is 17.3. The highest BCUT2D eigenvalue weighted by Crippen LogP contribution is 2.57. The van der Waals surface area contributed by atoms with Crippen LogP contribution in [0.2, 0.25) is 0 Å². The lowest BCUT2D eigenvalue weighted by Crippen LogP contribution is -2.37. The number of aliphatic carboxylic acids is 1. The van der Waals surface area contributed by atoms with Crippen LogP contribution in [-0.2, 0) is 9.53 Å².